The molecule has 5 aliphatic heterocycles. The lowest BCUT2D eigenvalue weighted by Crippen LogP contribution is -2.50. The molecule has 7 aliphatic rings. The Morgan fingerprint density at radius 3 is 1.99 bits per heavy atom. The lowest BCUT2D eigenvalue weighted by molar-refractivity contribution is -0.133. The van der Waals surface area contributed by atoms with E-state index in [1.807, 2.05) is 60.7 Å². The molecule has 0 radical (unpaired) electrons. The van der Waals surface area contributed by atoms with Gasteiger partial charge in [0.2, 0.25) is 17.7 Å². The van der Waals surface area contributed by atoms with Crippen molar-refractivity contribution >= 4 is 64.4 Å². The van der Waals surface area contributed by atoms with Gasteiger partial charge in [-0.25, -0.2) is 9.69 Å². The van der Waals surface area contributed by atoms with Gasteiger partial charge in [0, 0.05) is 86.3 Å². The zero-order chi connectivity index (χ0) is 69.7. The molecule has 5 aromatic rings. The number of fused-ring (bicyclic) bond motifs is 6. The SMILES string of the molecule is COc1cc2c(cc1OCCCCCOc1cc3c(cc1OC)C(=O)N1CC4(CC4)C[C@H]1[C@@H](O)N3C(=O)OCc1ccc(CC(=O)[C@H](C)NC(=O)[C@@H](CC(=O)CNC(=O)CCC(=O)CCC(=O)N3Cc4ccccc4C#Cc4ccccc43)C(C)C)cc1)CC[C@@H]1CC3(CC3)CN1C2=O. The topological polar surface area (TPSA) is 257 Å². The standard InChI is InChI=1S/C78H88N6O15/c1-48(2)59(37-58(86)43-79-70(88)27-25-57(85)26-28-71(89)81-44-55-15-8-7-13-52(55)21-22-53-14-9-10-16-62(53)81)72(90)80-49(3)65(87)35-50-17-19-51(20-18-50)45-99-76(94)84-63-40-69(67(96-5)39-61(63)74(92)83-47-78(31-32-78)42-64(83)75(84)93)98-34-12-6-11-33-97-68-36-54-23-24-56-41-77(29-30-77)46-82(56)73(91)60(54)38-66(68)95-4/h7-10,13-20,36,38-40,48-49,56,59,64,75,93H,6,11-12,23-35,37,41-47H2,1-5H3,(H,79,88)(H,80,90)/t49-,56+,59-,64-,75+/m0/s1. The Kier molecular flexibility index (Phi) is 20.9. The van der Waals surface area contributed by atoms with Crippen LogP contribution in [-0.2, 0) is 59.5 Å². The number of anilines is 2. The van der Waals surface area contributed by atoms with E-state index in [0.29, 0.717) is 83.8 Å². The van der Waals surface area contributed by atoms with E-state index in [-0.39, 0.29) is 128 Å². The molecule has 520 valence electrons. The molecule has 0 bridgehead atoms. The molecule has 2 saturated heterocycles. The summed E-state index contributed by atoms with van der Waals surface area (Å²) in [7, 11) is 3.06. The molecule has 2 aliphatic carbocycles. The van der Waals surface area contributed by atoms with Crippen LogP contribution in [0, 0.1) is 34.5 Å². The van der Waals surface area contributed by atoms with Crippen LogP contribution >= 0.6 is 0 Å². The van der Waals surface area contributed by atoms with E-state index in [0.717, 1.165) is 66.7 Å². The van der Waals surface area contributed by atoms with Gasteiger partial charge in [-0.1, -0.05) is 80.3 Å². The molecular formula is C78H88N6O15. The number of ether oxygens (including phenoxy) is 5. The summed E-state index contributed by atoms with van der Waals surface area (Å²) < 4.78 is 30.0. The molecule has 12 rings (SSSR count). The molecule has 5 heterocycles. The van der Waals surface area contributed by atoms with Crippen LogP contribution in [-0.4, -0.2) is 139 Å². The third-order valence-electron chi connectivity index (χ3n) is 20.9. The molecule has 99 heavy (non-hydrogen) atoms. The fraction of sp³-hybridized carbons (Fsp3) is 0.474. The Morgan fingerprint density at radius 1 is 0.657 bits per heavy atom. The van der Waals surface area contributed by atoms with Gasteiger partial charge in [-0.15, -0.1) is 0 Å². The van der Waals surface area contributed by atoms with Crippen molar-refractivity contribution in [1.29, 1.82) is 0 Å². The van der Waals surface area contributed by atoms with Crippen LogP contribution in [0.25, 0.3) is 0 Å². The van der Waals surface area contributed by atoms with E-state index in [9.17, 15) is 48.3 Å². The fourth-order valence-corrected chi connectivity index (χ4v) is 14.6. The summed E-state index contributed by atoms with van der Waals surface area (Å²) in [6.07, 6.45) is 6.68. The average Bonchev–Trinajstić information content (AvgIpc) is 1.58. The van der Waals surface area contributed by atoms with Crippen LogP contribution in [0.1, 0.15) is 171 Å². The number of aryl methyl sites for hydroxylation is 1. The number of Topliss-reactive ketones (excluding diaryl/α,β-unsaturated/α-hetero) is 3. The van der Waals surface area contributed by atoms with Crippen LogP contribution in [0.3, 0.4) is 0 Å². The summed E-state index contributed by atoms with van der Waals surface area (Å²) in [6, 6.07) is 27.4. The van der Waals surface area contributed by atoms with Gasteiger partial charge >= 0.3 is 6.09 Å². The third-order valence-corrected chi connectivity index (χ3v) is 20.9. The first-order chi connectivity index (χ1) is 47.7. The predicted octanol–water partition coefficient (Wildman–Crippen LogP) is 9.78. The Labute approximate surface area is 577 Å². The normalized spacial score (nSPS) is 19.2. The van der Waals surface area contributed by atoms with Crippen LogP contribution in [0.2, 0.25) is 0 Å². The maximum absolute atomic E-state index is 14.5. The van der Waals surface area contributed by atoms with Crippen molar-refractivity contribution < 1.29 is 71.9 Å². The van der Waals surface area contributed by atoms with Crippen LogP contribution in [0.15, 0.2) is 97.1 Å². The molecule has 21 nitrogen and oxygen atoms in total. The number of methoxy groups -OCH3 is 2. The molecule has 21 heteroatoms. The Morgan fingerprint density at radius 2 is 1.28 bits per heavy atom. The van der Waals surface area contributed by atoms with E-state index in [2.05, 4.69) is 27.4 Å². The number of aliphatic hydroxyl groups is 1. The van der Waals surface area contributed by atoms with Gasteiger partial charge in [-0.05, 0) is 153 Å². The maximum Gasteiger partial charge on any atom is 0.416 e. The Bertz CT molecular complexity index is 4030. The number of carbonyl (C=O) groups excluding carboxylic acids is 9. The van der Waals surface area contributed by atoms with Crippen molar-refractivity contribution in [1.82, 2.24) is 20.4 Å². The number of ketones is 3. The van der Waals surface area contributed by atoms with E-state index in [4.69, 9.17) is 23.7 Å². The molecule has 6 amide bonds. The smallest absolute Gasteiger partial charge is 0.416 e. The largest absolute Gasteiger partial charge is 0.493 e. The highest BCUT2D eigenvalue weighted by Gasteiger charge is 2.58. The second-order valence-corrected chi connectivity index (χ2v) is 28.3. The molecule has 2 saturated carbocycles. The minimum absolute atomic E-state index is 0.0441. The number of unbranched alkanes of at least 4 members (excludes halogenated alkanes) is 2. The van der Waals surface area contributed by atoms with Crippen molar-refractivity contribution in [2.45, 2.75) is 167 Å². The highest BCUT2D eigenvalue weighted by atomic mass is 16.6. The number of benzene rings is 5. The van der Waals surface area contributed by atoms with Gasteiger partial charge in [-0.2, -0.15) is 0 Å². The molecule has 0 unspecified atom stereocenters. The quantitative estimate of drug-likeness (QED) is 0.0311. The molecular weight excluding hydrogens is 1260 g/mol. The fourth-order valence-electron chi connectivity index (χ4n) is 14.6. The van der Waals surface area contributed by atoms with Crippen molar-refractivity contribution in [3.63, 3.8) is 0 Å². The van der Waals surface area contributed by atoms with E-state index in [1.165, 1.54) is 20.0 Å². The monoisotopic (exact) mass is 1350 g/mol. The van der Waals surface area contributed by atoms with E-state index < -0.39 is 47.9 Å². The van der Waals surface area contributed by atoms with Gasteiger partial charge in [0.1, 0.15) is 12.4 Å². The van der Waals surface area contributed by atoms with Crippen molar-refractivity contribution in [3.8, 4) is 34.8 Å². The van der Waals surface area contributed by atoms with Crippen LogP contribution in [0.4, 0.5) is 16.2 Å². The average molecular weight is 1350 g/mol. The summed E-state index contributed by atoms with van der Waals surface area (Å²) in [4.78, 5) is 129. The summed E-state index contributed by atoms with van der Waals surface area (Å²) >= 11 is 0. The molecule has 5 atom stereocenters. The molecule has 4 fully saturated rings. The molecule has 0 aromatic heterocycles. The first-order valence-corrected chi connectivity index (χ1v) is 34.9. The number of aliphatic hydroxyl groups excluding tert-OH is 1. The summed E-state index contributed by atoms with van der Waals surface area (Å²) in [6.45, 7) is 6.85. The number of carbonyl (C=O) groups is 9. The predicted molar refractivity (Wildman–Crippen MR) is 367 cm³/mol. The lowest BCUT2D eigenvalue weighted by atomic mass is 9.89. The third kappa shape index (κ3) is 15.8. The number of nitrogens with zero attached hydrogens (tertiary/aromatic N) is 4. The summed E-state index contributed by atoms with van der Waals surface area (Å²) in [5.41, 5.74) is 6.47. The zero-order valence-electron chi connectivity index (χ0n) is 57.1. The highest BCUT2D eigenvalue weighted by molar-refractivity contribution is 6.06. The van der Waals surface area contributed by atoms with E-state index >= 15 is 0 Å². The van der Waals surface area contributed by atoms with Gasteiger partial charge in [-0.3, -0.25) is 38.4 Å². The van der Waals surface area contributed by atoms with Crippen LogP contribution < -0.4 is 39.4 Å². The summed E-state index contributed by atoms with van der Waals surface area (Å²) in [5.74, 6) is 4.48. The zero-order valence-corrected chi connectivity index (χ0v) is 57.1. The van der Waals surface area contributed by atoms with E-state index in [1.54, 1.807) is 74.1 Å². The second-order valence-electron chi connectivity index (χ2n) is 28.3. The minimum Gasteiger partial charge on any atom is -0.493 e. The van der Waals surface area contributed by atoms with Crippen molar-refractivity contribution in [3.05, 3.63) is 142 Å². The number of rotatable bonds is 28. The van der Waals surface area contributed by atoms with Crippen molar-refractivity contribution in [2.24, 2.45) is 22.7 Å². The van der Waals surface area contributed by atoms with Gasteiger partial charge < -0.3 is 54.1 Å². The van der Waals surface area contributed by atoms with Crippen LogP contribution in [0.5, 0.6) is 23.0 Å². The number of nitrogens with one attached hydrogen (secondary N) is 2. The molecule has 5 aromatic carbocycles. The Hall–Kier alpha value is -9.55. The molecule has 2 spiro atoms. The van der Waals surface area contributed by atoms with Crippen molar-refractivity contribution in [2.75, 3.05) is 56.9 Å². The number of hydrogen-bond donors (Lipinski definition) is 3. The number of hydrogen-bond acceptors (Lipinski definition) is 15. The summed E-state index contributed by atoms with van der Waals surface area (Å²) in [5, 5.41) is 17.5. The minimum atomic E-state index is -1.45. The van der Waals surface area contributed by atoms with Gasteiger partial charge in [0.05, 0.1) is 69.5 Å². The second kappa shape index (κ2) is 29.9. The van der Waals surface area contributed by atoms with Gasteiger partial charge in [0.25, 0.3) is 11.8 Å². The maximum atomic E-state index is 14.5. The number of amides is 6. The first kappa shape index (κ1) is 69.4. The number of para-hydroxylation sites is 1. The molecule has 3 N–H and O–H groups in total. The lowest BCUT2D eigenvalue weighted by Gasteiger charge is -2.31. The first-order valence-electron chi connectivity index (χ1n) is 34.9. The van der Waals surface area contributed by atoms with Gasteiger partial charge in [0.15, 0.2) is 40.8 Å². The highest BCUT2D eigenvalue weighted by Crippen LogP contribution is 2.58. The Balaban J connectivity index is 0.589.